The third-order valence-electron chi connectivity index (χ3n) is 6.03. The molecule has 11 heteroatoms. The third-order valence-corrected chi connectivity index (χ3v) is 8.07. The van der Waals surface area contributed by atoms with Crippen molar-refractivity contribution in [2.24, 2.45) is 5.10 Å². The number of carbonyl (C=O) groups excluding carboxylic acids is 1. The number of halogens is 1. The summed E-state index contributed by atoms with van der Waals surface area (Å²) in [5.41, 5.74) is 4.32. The van der Waals surface area contributed by atoms with E-state index in [0.29, 0.717) is 53.3 Å². The van der Waals surface area contributed by atoms with Crippen molar-refractivity contribution in [3.8, 4) is 17.2 Å². The third kappa shape index (κ3) is 8.73. The molecule has 0 fully saturated rings. The first-order chi connectivity index (χ1) is 20.8. The van der Waals surface area contributed by atoms with Gasteiger partial charge in [0.1, 0.15) is 18.9 Å². The summed E-state index contributed by atoms with van der Waals surface area (Å²) in [6.45, 7) is 4.45. The van der Waals surface area contributed by atoms with E-state index in [0.717, 1.165) is 9.87 Å². The number of rotatable bonds is 14. The zero-order chi connectivity index (χ0) is 30.7. The minimum absolute atomic E-state index is 0.0574. The van der Waals surface area contributed by atoms with Gasteiger partial charge in [-0.15, -0.1) is 0 Å². The van der Waals surface area contributed by atoms with Gasteiger partial charge in [0, 0.05) is 5.02 Å². The number of nitrogens with zero attached hydrogens (tertiary/aromatic N) is 2. The van der Waals surface area contributed by atoms with E-state index >= 15 is 0 Å². The van der Waals surface area contributed by atoms with E-state index in [1.54, 1.807) is 72.8 Å². The van der Waals surface area contributed by atoms with Gasteiger partial charge in [-0.05, 0) is 91.7 Å². The first-order valence-electron chi connectivity index (χ1n) is 13.6. The zero-order valence-electron chi connectivity index (χ0n) is 23.8. The maximum absolute atomic E-state index is 13.5. The molecule has 0 unspecified atom stereocenters. The molecule has 0 atom stereocenters. The molecule has 0 radical (unpaired) electrons. The standard InChI is InChI=1S/C32H32ClN3O6S/c1-3-40-28-17-15-27(16-18-28)36(43(38,39)29-8-6-5-7-9-29)22-32(37)35-34-21-25-12-19-30(31(20-25)41-4-2)42-23-24-10-13-26(33)14-11-24/h5-21H,3-4,22-23H2,1-2H3,(H,35,37)/b34-21+. The van der Waals surface area contributed by atoms with Crippen molar-refractivity contribution in [2.75, 3.05) is 24.1 Å². The monoisotopic (exact) mass is 621 g/mol. The Balaban J connectivity index is 1.46. The van der Waals surface area contributed by atoms with Gasteiger partial charge in [-0.2, -0.15) is 5.10 Å². The Morgan fingerprint density at radius 2 is 1.56 bits per heavy atom. The number of sulfonamides is 1. The Bertz CT molecular complexity index is 1630. The second-order valence-electron chi connectivity index (χ2n) is 9.10. The summed E-state index contributed by atoms with van der Waals surface area (Å²) in [5.74, 6) is 1.03. The van der Waals surface area contributed by atoms with Crippen molar-refractivity contribution >= 4 is 39.4 Å². The summed E-state index contributed by atoms with van der Waals surface area (Å²) < 4.78 is 45.2. The lowest BCUT2D eigenvalue weighted by Crippen LogP contribution is -2.39. The summed E-state index contributed by atoms with van der Waals surface area (Å²) in [6, 6.07) is 27.0. The van der Waals surface area contributed by atoms with E-state index < -0.39 is 22.5 Å². The molecule has 0 bridgehead atoms. The van der Waals surface area contributed by atoms with E-state index in [2.05, 4.69) is 10.5 Å². The largest absolute Gasteiger partial charge is 0.494 e. The maximum Gasteiger partial charge on any atom is 0.264 e. The lowest BCUT2D eigenvalue weighted by molar-refractivity contribution is -0.119. The van der Waals surface area contributed by atoms with E-state index in [1.807, 2.05) is 26.0 Å². The van der Waals surface area contributed by atoms with Gasteiger partial charge >= 0.3 is 0 Å². The lowest BCUT2D eigenvalue weighted by atomic mass is 10.2. The number of carbonyl (C=O) groups is 1. The molecule has 1 N–H and O–H groups in total. The summed E-state index contributed by atoms with van der Waals surface area (Å²) in [7, 11) is -4.05. The average molecular weight is 622 g/mol. The molecule has 4 aromatic carbocycles. The van der Waals surface area contributed by atoms with Gasteiger partial charge in [-0.25, -0.2) is 13.8 Å². The van der Waals surface area contributed by atoms with Gasteiger partial charge in [0.2, 0.25) is 0 Å². The summed E-state index contributed by atoms with van der Waals surface area (Å²) >= 11 is 5.95. The average Bonchev–Trinajstić information content (AvgIpc) is 3.01. The van der Waals surface area contributed by atoms with Crippen LogP contribution in [0.2, 0.25) is 5.02 Å². The quantitative estimate of drug-likeness (QED) is 0.135. The molecule has 0 saturated carbocycles. The van der Waals surface area contributed by atoms with Crippen LogP contribution >= 0.6 is 11.6 Å². The molecular weight excluding hydrogens is 590 g/mol. The number of hydrogen-bond donors (Lipinski definition) is 1. The summed E-state index contributed by atoms with van der Waals surface area (Å²) in [6.07, 6.45) is 1.44. The summed E-state index contributed by atoms with van der Waals surface area (Å²) in [4.78, 5) is 13.0. The number of benzene rings is 4. The minimum atomic E-state index is -4.05. The van der Waals surface area contributed by atoms with Crippen molar-refractivity contribution in [1.29, 1.82) is 0 Å². The fourth-order valence-corrected chi connectivity index (χ4v) is 5.56. The molecule has 4 aromatic rings. The van der Waals surface area contributed by atoms with Gasteiger partial charge < -0.3 is 14.2 Å². The topological polar surface area (TPSA) is 107 Å². The van der Waals surface area contributed by atoms with Crippen molar-refractivity contribution in [2.45, 2.75) is 25.3 Å². The van der Waals surface area contributed by atoms with Crippen LogP contribution in [-0.2, 0) is 21.4 Å². The molecule has 43 heavy (non-hydrogen) atoms. The highest BCUT2D eigenvalue weighted by atomic mass is 35.5. The van der Waals surface area contributed by atoms with Crippen LogP contribution in [0, 0.1) is 0 Å². The van der Waals surface area contributed by atoms with Crippen molar-refractivity contribution < 1.29 is 27.4 Å². The van der Waals surface area contributed by atoms with Crippen molar-refractivity contribution in [3.05, 3.63) is 113 Å². The van der Waals surface area contributed by atoms with E-state index in [1.165, 1.54) is 18.3 Å². The zero-order valence-corrected chi connectivity index (χ0v) is 25.3. The van der Waals surface area contributed by atoms with Crippen LogP contribution in [0.25, 0.3) is 0 Å². The first kappa shape index (κ1) is 31.4. The number of anilines is 1. The molecule has 0 heterocycles. The maximum atomic E-state index is 13.5. The second-order valence-corrected chi connectivity index (χ2v) is 11.4. The number of ether oxygens (including phenoxy) is 3. The smallest absolute Gasteiger partial charge is 0.264 e. The minimum Gasteiger partial charge on any atom is -0.494 e. The first-order valence-corrected chi connectivity index (χ1v) is 15.4. The second kappa shape index (κ2) is 15.1. The molecule has 9 nitrogen and oxygen atoms in total. The molecule has 224 valence electrons. The summed E-state index contributed by atoms with van der Waals surface area (Å²) in [5, 5.41) is 4.69. The Hall–Kier alpha value is -4.54. The number of hydrazone groups is 1. The van der Waals surface area contributed by atoms with Gasteiger partial charge in [0.05, 0.1) is 30.0 Å². The molecule has 0 aliphatic carbocycles. The van der Waals surface area contributed by atoms with Crippen LogP contribution in [0.5, 0.6) is 17.2 Å². The van der Waals surface area contributed by atoms with Crippen molar-refractivity contribution in [1.82, 2.24) is 5.43 Å². The Kier molecular flexibility index (Phi) is 11.0. The molecule has 0 aromatic heterocycles. The number of nitrogens with one attached hydrogen (secondary N) is 1. The number of hydrogen-bond acceptors (Lipinski definition) is 7. The molecule has 0 aliphatic rings. The van der Waals surface area contributed by atoms with Crippen LogP contribution in [-0.4, -0.2) is 40.3 Å². The van der Waals surface area contributed by atoms with Crippen LogP contribution in [0.4, 0.5) is 5.69 Å². The number of amides is 1. The molecule has 0 saturated heterocycles. The SMILES string of the molecule is CCOc1ccc(N(CC(=O)N/N=C/c2ccc(OCc3ccc(Cl)cc3)c(OCC)c2)S(=O)(=O)c2ccccc2)cc1. The van der Waals surface area contributed by atoms with E-state index in [4.69, 9.17) is 25.8 Å². The van der Waals surface area contributed by atoms with Gasteiger partial charge in [-0.3, -0.25) is 9.10 Å². The highest BCUT2D eigenvalue weighted by Gasteiger charge is 2.27. The Morgan fingerprint density at radius 3 is 2.23 bits per heavy atom. The van der Waals surface area contributed by atoms with Gasteiger partial charge in [0.15, 0.2) is 11.5 Å². The van der Waals surface area contributed by atoms with Crippen LogP contribution in [0.15, 0.2) is 107 Å². The highest BCUT2D eigenvalue weighted by Crippen LogP contribution is 2.29. The molecule has 0 aliphatic heterocycles. The van der Waals surface area contributed by atoms with Gasteiger partial charge in [0.25, 0.3) is 15.9 Å². The Morgan fingerprint density at radius 1 is 0.860 bits per heavy atom. The van der Waals surface area contributed by atoms with Gasteiger partial charge in [-0.1, -0.05) is 41.9 Å². The molecule has 0 spiro atoms. The predicted molar refractivity (Wildman–Crippen MR) is 168 cm³/mol. The van der Waals surface area contributed by atoms with E-state index in [9.17, 15) is 13.2 Å². The van der Waals surface area contributed by atoms with Crippen LogP contribution in [0.1, 0.15) is 25.0 Å². The van der Waals surface area contributed by atoms with Crippen LogP contribution < -0.4 is 23.9 Å². The predicted octanol–water partition coefficient (Wildman–Crippen LogP) is 6.06. The van der Waals surface area contributed by atoms with E-state index in [-0.39, 0.29) is 4.90 Å². The fraction of sp³-hybridized carbons (Fsp3) is 0.188. The molecular formula is C32H32ClN3O6S. The normalized spacial score (nSPS) is 11.2. The lowest BCUT2D eigenvalue weighted by Gasteiger charge is -2.24. The molecule has 4 rings (SSSR count). The molecule has 1 amide bonds. The van der Waals surface area contributed by atoms with Crippen LogP contribution in [0.3, 0.4) is 0 Å². The fourth-order valence-electron chi connectivity index (χ4n) is 3.99. The van der Waals surface area contributed by atoms with Crippen molar-refractivity contribution in [3.63, 3.8) is 0 Å². The Labute approximate surface area is 256 Å². The highest BCUT2D eigenvalue weighted by molar-refractivity contribution is 7.92.